The molecule has 1 aromatic rings. The van der Waals surface area contributed by atoms with Gasteiger partial charge in [0.05, 0.1) is 0 Å². The highest BCUT2D eigenvalue weighted by atomic mass is 32.2. The molecule has 1 aromatic carbocycles. The van der Waals surface area contributed by atoms with E-state index in [4.69, 9.17) is 5.11 Å². The summed E-state index contributed by atoms with van der Waals surface area (Å²) in [6.07, 6.45) is -3.23. The van der Waals surface area contributed by atoms with Crippen molar-refractivity contribution in [3.05, 3.63) is 23.5 Å². The molecule has 0 fully saturated rings. The van der Waals surface area contributed by atoms with Crippen LogP contribution < -0.4 is 0 Å². The third kappa shape index (κ3) is 1.95. The molecule has 0 bridgehead atoms. The van der Waals surface area contributed by atoms with Crippen LogP contribution in [0.2, 0.25) is 0 Å². The fraction of sp³-hybridized carbons (Fsp3) is 0.250. The second kappa shape index (κ2) is 3.68. The topological polar surface area (TPSA) is 20.2 Å². The first-order chi connectivity index (χ1) is 6.38. The molecular formula is C8H6F4OS. The first kappa shape index (κ1) is 11.2. The average molecular weight is 226 g/mol. The minimum Gasteiger partial charge on any atom is -0.504 e. The van der Waals surface area contributed by atoms with Crippen LogP contribution in [0.15, 0.2) is 17.0 Å². The molecule has 0 atom stereocenters. The third-order valence-corrected chi connectivity index (χ3v) is 2.36. The van der Waals surface area contributed by atoms with E-state index in [9.17, 15) is 17.6 Å². The number of benzene rings is 1. The summed E-state index contributed by atoms with van der Waals surface area (Å²) in [4.78, 5) is -0.0181. The molecule has 0 radical (unpaired) electrons. The van der Waals surface area contributed by atoms with Crippen molar-refractivity contribution in [1.82, 2.24) is 0 Å². The zero-order valence-corrected chi connectivity index (χ0v) is 7.84. The van der Waals surface area contributed by atoms with Crippen LogP contribution in [0.4, 0.5) is 17.6 Å². The molecule has 0 saturated carbocycles. The number of halogens is 4. The van der Waals surface area contributed by atoms with Crippen molar-refractivity contribution in [3.63, 3.8) is 0 Å². The van der Waals surface area contributed by atoms with Crippen molar-refractivity contribution >= 4 is 11.8 Å². The Kier molecular flexibility index (Phi) is 2.94. The monoisotopic (exact) mass is 226 g/mol. The van der Waals surface area contributed by atoms with Crippen LogP contribution in [0.1, 0.15) is 5.56 Å². The average Bonchev–Trinajstić information content (AvgIpc) is 2.07. The Morgan fingerprint density at radius 2 is 1.86 bits per heavy atom. The zero-order valence-electron chi connectivity index (χ0n) is 7.02. The summed E-state index contributed by atoms with van der Waals surface area (Å²) in [6.45, 7) is 0. The quantitative estimate of drug-likeness (QED) is 0.585. The number of thioether (sulfide) groups is 1. The molecule has 0 aliphatic carbocycles. The largest absolute Gasteiger partial charge is 0.504 e. The molecule has 0 amide bonds. The van der Waals surface area contributed by atoms with E-state index in [2.05, 4.69) is 0 Å². The molecule has 0 aromatic heterocycles. The molecule has 0 spiro atoms. The lowest BCUT2D eigenvalue weighted by atomic mass is 10.2. The predicted octanol–water partition coefficient (Wildman–Crippen LogP) is 3.27. The first-order valence-corrected chi connectivity index (χ1v) is 4.73. The van der Waals surface area contributed by atoms with E-state index < -0.39 is 23.3 Å². The Labute approximate surface area is 81.7 Å². The summed E-state index contributed by atoms with van der Waals surface area (Å²) in [7, 11) is 0. The van der Waals surface area contributed by atoms with Crippen LogP contribution >= 0.6 is 11.8 Å². The van der Waals surface area contributed by atoms with Crippen molar-refractivity contribution < 1.29 is 22.7 Å². The van der Waals surface area contributed by atoms with E-state index in [1.54, 1.807) is 0 Å². The lowest BCUT2D eigenvalue weighted by Gasteiger charge is -2.10. The standard InChI is InChI=1S/C8H6F4OS/c1-14-5-3-2-4(8(10,11)12)7(13)6(5)9/h2-3,13H,1H3. The highest BCUT2D eigenvalue weighted by Gasteiger charge is 2.35. The summed E-state index contributed by atoms with van der Waals surface area (Å²) in [5, 5.41) is 8.94. The van der Waals surface area contributed by atoms with E-state index in [0.717, 1.165) is 17.8 Å². The fourth-order valence-corrected chi connectivity index (χ4v) is 1.41. The minimum absolute atomic E-state index is 0.0181. The van der Waals surface area contributed by atoms with Gasteiger partial charge in [-0.3, -0.25) is 0 Å². The Hall–Kier alpha value is -0.910. The maximum Gasteiger partial charge on any atom is 0.420 e. The normalized spacial score (nSPS) is 11.8. The van der Waals surface area contributed by atoms with E-state index >= 15 is 0 Å². The van der Waals surface area contributed by atoms with Gasteiger partial charge in [0.1, 0.15) is 5.56 Å². The van der Waals surface area contributed by atoms with E-state index in [1.165, 1.54) is 6.26 Å². The smallest absolute Gasteiger partial charge is 0.420 e. The minimum atomic E-state index is -4.73. The molecule has 0 heterocycles. The van der Waals surface area contributed by atoms with Crippen LogP contribution in [0.3, 0.4) is 0 Å². The SMILES string of the molecule is CSc1ccc(C(F)(F)F)c(O)c1F. The molecule has 1 nitrogen and oxygen atoms in total. The number of phenols is 1. The molecular weight excluding hydrogens is 220 g/mol. The van der Waals surface area contributed by atoms with Crippen LogP contribution in [0, 0.1) is 5.82 Å². The first-order valence-electron chi connectivity index (χ1n) is 3.50. The molecule has 0 saturated heterocycles. The Morgan fingerprint density at radius 1 is 1.29 bits per heavy atom. The number of phenolic OH excluding ortho intramolecular Hbond substituents is 1. The van der Waals surface area contributed by atoms with Crippen molar-refractivity contribution in [2.24, 2.45) is 0 Å². The Morgan fingerprint density at radius 3 is 2.29 bits per heavy atom. The molecule has 0 aliphatic rings. The summed E-state index contributed by atoms with van der Waals surface area (Å²) in [5.74, 6) is -2.57. The Balaban J connectivity index is 3.31. The summed E-state index contributed by atoms with van der Waals surface area (Å²) in [6, 6.07) is 1.65. The summed E-state index contributed by atoms with van der Waals surface area (Å²) >= 11 is 0.927. The van der Waals surface area contributed by atoms with Gasteiger partial charge in [-0.2, -0.15) is 13.2 Å². The number of alkyl halides is 3. The molecule has 1 N–H and O–H groups in total. The van der Waals surface area contributed by atoms with Crippen molar-refractivity contribution in [2.75, 3.05) is 6.26 Å². The van der Waals surface area contributed by atoms with Crippen molar-refractivity contribution in [2.45, 2.75) is 11.1 Å². The third-order valence-electron chi connectivity index (χ3n) is 1.61. The second-order valence-electron chi connectivity index (χ2n) is 2.48. The van der Waals surface area contributed by atoms with Gasteiger partial charge in [0.25, 0.3) is 0 Å². The van der Waals surface area contributed by atoms with Gasteiger partial charge < -0.3 is 5.11 Å². The number of hydrogen-bond donors (Lipinski definition) is 1. The maximum absolute atomic E-state index is 13.0. The van der Waals surface area contributed by atoms with Gasteiger partial charge in [0.2, 0.25) is 0 Å². The summed E-state index contributed by atoms with van der Waals surface area (Å²) in [5.41, 5.74) is -1.35. The molecule has 0 aliphatic heterocycles. The van der Waals surface area contributed by atoms with Gasteiger partial charge in [-0.15, -0.1) is 11.8 Å². The van der Waals surface area contributed by atoms with Gasteiger partial charge in [-0.1, -0.05) is 0 Å². The number of hydrogen-bond acceptors (Lipinski definition) is 2. The van der Waals surface area contributed by atoms with Crippen LogP contribution in [0.5, 0.6) is 5.75 Å². The maximum atomic E-state index is 13.0. The van der Waals surface area contributed by atoms with E-state index in [1.807, 2.05) is 0 Å². The van der Waals surface area contributed by atoms with Crippen LogP contribution in [-0.4, -0.2) is 11.4 Å². The molecule has 1 rings (SSSR count). The van der Waals surface area contributed by atoms with Crippen LogP contribution in [0.25, 0.3) is 0 Å². The number of aromatic hydroxyl groups is 1. The van der Waals surface area contributed by atoms with Gasteiger partial charge in [-0.25, -0.2) is 4.39 Å². The lowest BCUT2D eigenvalue weighted by molar-refractivity contribution is -0.139. The van der Waals surface area contributed by atoms with Crippen molar-refractivity contribution in [3.8, 4) is 5.75 Å². The van der Waals surface area contributed by atoms with Gasteiger partial charge in [-0.05, 0) is 18.4 Å². The predicted molar refractivity (Wildman–Crippen MR) is 44.8 cm³/mol. The fourth-order valence-electron chi connectivity index (χ4n) is 0.932. The summed E-state index contributed by atoms with van der Waals surface area (Å²) < 4.78 is 49.4. The van der Waals surface area contributed by atoms with Gasteiger partial charge in [0, 0.05) is 4.90 Å². The Bertz CT molecular complexity index is 348. The molecule has 14 heavy (non-hydrogen) atoms. The van der Waals surface area contributed by atoms with Crippen LogP contribution in [-0.2, 0) is 6.18 Å². The van der Waals surface area contributed by atoms with Crippen molar-refractivity contribution in [1.29, 1.82) is 0 Å². The highest BCUT2D eigenvalue weighted by molar-refractivity contribution is 7.98. The molecule has 0 unspecified atom stereocenters. The molecule has 78 valence electrons. The van der Waals surface area contributed by atoms with E-state index in [0.29, 0.717) is 6.07 Å². The van der Waals surface area contributed by atoms with E-state index in [-0.39, 0.29) is 4.90 Å². The lowest BCUT2D eigenvalue weighted by Crippen LogP contribution is -2.06. The van der Waals surface area contributed by atoms with Gasteiger partial charge in [0.15, 0.2) is 11.6 Å². The highest BCUT2D eigenvalue weighted by Crippen LogP contribution is 2.39. The zero-order chi connectivity index (χ0) is 10.9. The molecule has 6 heteroatoms. The second-order valence-corrected chi connectivity index (χ2v) is 3.32. The van der Waals surface area contributed by atoms with Gasteiger partial charge >= 0.3 is 6.18 Å². The number of rotatable bonds is 1.